The summed E-state index contributed by atoms with van der Waals surface area (Å²) in [5, 5.41) is 12.8. The minimum atomic E-state index is -1.02. The number of rotatable bonds is 4. The second-order valence-electron chi connectivity index (χ2n) is 3.96. The number of hydrogen-bond donors (Lipinski definition) is 2. The zero-order valence-electron chi connectivity index (χ0n) is 10.5. The van der Waals surface area contributed by atoms with Gasteiger partial charge in [0.2, 0.25) is 5.91 Å². The number of carbonyl (C=O) groups is 2. The lowest BCUT2D eigenvalue weighted by atomic mass is 10.2. The number of benzene rings is 1. The molecule has 21 heavy (non-hydrogen) atoms. The highest BCUT2D eigenvalue weighted by atomic mass is 35.5. The molecule has 0 saturated heterocycles. The Hall–Kier alpha value is -1.82. The fraction of sp³-hybridized carbons (Fsp3) is 0. The number of carbonyl (C=O) groups excluding carboxylic acids is 1. The molecule has 1 aromatic heterocycles. The van der Waals surface area contributed by atoms with Crippen molar-refractivity contribution in [3.8, 4) is 0 Å². The first-order valence-electron chi connectivity index (χ1n) is 5.73. The number of carboxylic acids is 1. The van der Waals surface area contributed by atoms with Crippen LogP contribution < -0.4 is 5.32 Å². The van der Waals surface area contributed by atoms with Gasteiger partial charge in [-0.25, -0.2) is 4.79 Å². The fourth-order valence-corrected chi connectivity index (χ4v) is 2.70. The van der Waals surface area contributed by atoms with E-state index in [1.54, 1.807) is 24.3 Å². The number of anilines is 1. The topological polar surface area (TPSA) is 66.4 Å². The number of thiophene rings is 1. The van der Waals surface area contributed by atoms with Crippen molar-refractivity contribution >= 4 is 57.5 Å². The predicted molar refractivity (Wildman–Crippen MR) is 85.4 cm³/mol. The van der Waals surface area contributed by atoms with E-state index in [-0.39, 0.29) is 10.8 Å². The van der Waals surface area contributed by atoms with Crippen LogP contribution in [-0.4, -0.2) is 17.0 Å². The first-order chi connectivity index (χ1) is 9.95. The molecule has 2 aromatic rings. The molecule has 0 aliphatic carbocycles. The molecule has 0 spiro atoms. The Balaban J connectivity index is 2.03. The van der Waals surface area contributed by atoms with Crippen molar-refractivity contribution in [2.45, 2.75) is 0 Å². The molecule has 1 aromatic carbocycles. The van der Waals surface area contributed by atoms with Gasteiger partial charge in [-0.15, -0.1) is 11.3 Å². The van der Waals surface area contributed by atoms with Crippen LogP contribution in [0.1, 0.15) is 15.2 Å². The van der Waals surface area contributed by atoms with Crippen LogP contribution in [0.5, 0.6) is 0 Å². The molecule has 0 aliphatic rings. The summed E-state index contributed by atoms with van der Waals surface area (Å²) in [6, 6.07) is 7.92. The van der Waals surface area contributed by atoms with Gasteiger partial charge in [-0.3, -0.25) is 4.79 Å². The lowest BCUT2D eigenvalue weighted by molar-refractivity contribution is -0.111. The summed E-state index contributed by atoms with van der Waals surface area (Å²) in [4.78, 5) is 22.6. The largest absolute Gasteiger partial charge is 0.477 e. The molecule has 0 radical (unpaired) electrons. The monoisotopic (exact) mass is 341 g/mol. The van der Waals surface area contributed by atoms with Gasteiger partial charge in [0.05, 0.1) is 5.00 Å². The maximum atomic E-state index is 11.7. The molecule has 0 aliphatic heterocycles. The lowest BCUT2D eigenvalue weighted by Gasteiger charge is -1.99. The molecular formula is C14H9Cl2NO3S. The van der Waals surface area contributed by atoms with Crippen molar-refractivity contribution in [3.05, 3.63) is 56.9 Å². The first kappa shape index (κ1) is 15.6. The average molecular weight is 342 g/mol. The third kappa shape index (κ3) is 4.32. The molecule has 2 N–H and O–H groups in total. The summed E-state index contributed by atoms with van der Waals surface area (Å²) >= 11 is 12.7. The molecular weight excluding hydrogens is 333 g/mol. The molecule has 7 heteroatoms. The maximum absolute atomic E-state index is 11.7. The Morgan fingerprint density at radius 1 is 1.19 bits per heavy atom. The normalized spacial score (nSPS) is 10.8. The molecule has 0 unspecified atom stereocenters. The van der Waals surface area contributed by atoms with E-state index >= 15 is 0 Å². The molecule has 0 bridgehead atoms. The van der Waals surface area contributed by atoms with Crippen LogP contribution in [0.2, 0.25) is 10.0 Å². The minimum absolute atomic E-state index is 0.162. The number of aromatic carboxylic acids is 1. The van der Waals surface area contributed by atoms with Crippen molar-refractivity contribution in [2.24, 2.45) is 0 Å². The second-order valence-corrected chi connectivity index (χ2v) is 5.88. The Morgan fingerprint density at radius 2 is 1.95 bits per heavy atom. The quantitative estimate of drug-likeness (QED) is 0.809. The van der Waals surface area contributed by atoms with Crippen molar-refractivity contribution in [1.82, 2.24) is 0 Å². The number of nitrogens with one attached hydrogen (secondary N) is 1. The van der Waals surface area contributed by atoms with Crippen LogP contribution >= 0.6 is 34.5 Å². The molecule has 0 fully saturated rings. The van der Waals surface area contributed by atoms with E-state index in [4.69, 9.17) is 28.3 Å². The predicted octanol–water partition coefficient (Wildman–Crippen LogP) is 4.41. The molecule has 108 valence electrons. The van der Waals surface area contributed by atoms with Crippen molar-refractivity contribution in [2.75, 3.05) is 5.32 Å². The summed E-state index contributed by atoms with van der Waals surface area (Å²) in [6.07, 6.45) is 2.87. The van der Waals surface area contributed by atoms with Crippen molar-refractivity contribution < 1.29 is 14.7 Å². The van der Waals surface area contributed by atoms with Gasteiger partial charge in [0.25, 0.3) is 0 Å². The van der Waals surface area contributed by atoms with E-state index < -0.39 is 5.97 Å². The standard InChI is InChI=1S/C14H9Cl2NO3S/c15-9-3-1-8(10(16)7-9)2-5-12(18)17-13-6-4-11(21-13)14(19)20/h1-7H,(H,17,18)(H,19,20)/b5-2+. The fourth-order valence-electron chi connectivity index (χ4n) is 1.49. The molecule has 0 atom stereocenters. The maximum Gasteiger partial charge on any atom is 0.345 e. The molecule has 4 nitrogen and oxygen atoms in total. The smallest absolute Gasteiger partial charge is 0.345 e. The Morgan fingerprint density at radius 3 is 2.57 bits per heavy atom. The third-order valence-electron chi connectivity index (χ3n) is 2.44. The van der Waals surface area contributed by atoms with Gasteiger partial charge in [0.15, 0.2) is 0 Å². The van der Waals surface area contributed by atoms with Gasteiger partial charge < -0.3 is 10.4 Å². The molecule has 1 amide bonds. The Labute approximate surface area is 134 Å². The van der Waals surface area contributed by atoms with Gasteiger partial charge in [0, 0.05) is 16.1 Å². The van der Waals surface area contributed by atoms with Gasteiger partial charge in [-0.2, -0.15) is 0 Å². The number of carboxylic acid groups (broad SMARTS) is 1. The summed E-state index contributed by atoms with van der Waals surface area (Å²) < 4.78 is 0. The second kappa shape index (κ2) is 6.76. The van der Waals surface area contributed by atoms with Crippen LogP contribution in [0.15, 0.2) is 36.4 Å². The van der Waals surface area contributed by atoms with Crippen LogP contribution in [0.3, 0.4) is 0 Å². The van der Waals surface area contributed by atoms with Gasteiger partial charge in [-0.05, 0) is 35.9 Å². The molecule has 0 saturated carbocycles. The number of amides is 1. The Bertz CT molecular complexity index is 725. The van der Waals surface area contributed by atoms with Gasteiger partial charge in [0.1, 0.15) is 4.88 Å². The first-order valence-corrected chi connectivity index (χ1v) is 7.30. The molecule has 2 rings (SSSR count). The van der Waals surface area contributed by atoms with Gasteiger partial charge >= 0.3 is 5.97 Å². The summed E-state index contributed by atoms with van der Waals surface area (Å²) in [5.41, 5.74) is 0.661. The summed E-state index contributed by atoms with van der Waals surface area (Å²) in [5.74, 6) is -1.40. The minimum Gasteiger partial charge on any atom is -0.477 e. The average Bonchev–Trinajstić information content (AvgIpc) is 2.86. The zero-order chi connectivity index (χ0) is 15.4. The summed E-state index contributed by atoms with van der Waals surface area (Å²) in [6.45, 7) is 0. The van der Waals surface area contributed by atoms with E-state index in [0.29, 0.717) is 20.6 Å². The SMILES string of the molecule is O=C(/C=C/c1ccc(Cl)cc1Cl)Nc1ccc(C(=O)O)s1. The van der Waals surface area contributed by atoms with E-state index in [0.717, 1.165) is 11.3 Å². The highest BCUT2D eigenvalue weighted by Crippen LogP contribution is 2.23. The van der Waals surface area contributed by atoms with E-state index in [1.165, 1.54) is 18.2 Å². The van der Waals surface area contributed by atoms with Crippen LogP contribution in [0.4, 0.5) is 5.00 Å². The highest BCUT2D eigenvalue weighted by Gasteiger charge is 2.08. The number of hydrogen-bond acceptors (Lipinski definition) is 3. The Kier molecular flexibility index (Phi) is 5.01. The lowest BCUT2D eigenvalue weighted by Crippen LogP contribution is -2.06. The van der Waals surface area contributed by atoms with E-state index in [1.807, 2.05) is 0 Å². The third-order valence-corrected chi connectivity index (χ3v) is 3.99. The zero-order valence-corrected chi connectivity index (χ0v) is 12.8. The van der Waals surface area contributed by atoms with E-state index in [9.17, 15) is 9.59 Å². The molecule has 1 heterocycles. The summed E-state index contributed by atoms with van der Waals surface area (Å²) in [7, 11) is 0. The van der Waals surface area contributed by atoms with Gasteiger partial charge in [-0.1, -0.05) is 29.3 Å². The van der Waals surface area contributed by atoms with E-state index in [2.05, 4.69) is 5.32 Å². The van der Waals surface area contributed by atoms with Crippen LogP contribution in [0, 0.1) is 0 Å². The number of halogens is 2. The highest BCUT2D eigenvalue weighted by molar-refractivity contribution is 7.18. The van der Waals surface area contributed by atoms with Crippen molar-refractivity contribution in [1.29, 1.82) is 0 Å². The van der Waals surface area contributed by atoms with Crippen LogP contribution in [-0.2, 0) is 4.79 Å². The van der Waals surface area contributed by atoms with Crippen molar-refractivity contribution in [3.63, 3.8) is 0 Å². The van der Waals surface area contributed by atoms with Crippen LogP contribution in [0.25, 0.3) is 6.08 Å².